The lowest BCUT2D eigenvalue weighted by atomic mass is 9.44. The molecule has 45 heavy (non-hydrogen) atoms. The first kappa shape index (κ1) is 33.8. The van der Waals surface area contributed by atoms with Gasteiger partial charge in [0.2, 0.25) is 0 Å². The molecule has 0 amide bonds. The van der Waals surface area contributed by atoms with Crippen molar-refractivity contribution in [3.63, 3.8) is 0 Å². The predicted molar refractivity (Wildman–Crippen MR) is 167 cm³/mol. The number of hydrogen-bond acceptors (Lipinski definition) is 10. The summed E-state index contributed by atoms with van der Waals surface area (Å²) in [5.41, 5.74) is -3.52. The molecule has 1 aliphatic heterocycles. The van der Waals surface area contributed by atoms with Gasteiger partial charge in [-0.05, 0) is 44.3 Å². The molecule has 11 heteroatoms. The van der Waals surface area contributed by atoms with Gasteiger partial charge in [0.1, 0.15) is 23.9 Å². The highest BCUT2D eigenvalue weighted by Crippen LogP contribution is 2.65. The summed E-state index contributed by atoms with van der Waals surface area (Å²) in [6.45, 7) is 16.3. The van der Waals surface area contributed by atoms with E-state index in [1.807, 2.05) is 20.8 Å². The minimum Gasteiger partial charge on any atom is -0.462 e. The highest BCUT2D eigenvalue weighted by atomic mass is 28.4. The Labute approximate surface area is 266 Å². The standard InChI is InChI=1S/C34H48O10Si/c1-19-23-15-26(41-20(2)35)32(6)25(37)16-27-33(18-40-27,43-21(3)36)28(32)29(42-30(38)22-13-11-10-12-14-22)34(39,31(23,4)5)17-24(19)44-45(7,8)9/h10-14,24-29,37,39H,15-18H2,1-9H3/t24-,25-,26+,27+,28?,29?,32-,33-,34+/m0/s1. The molecule has 2 bridgehead atoms. The number of rotatable bonds is 6. The van der Waals surface area contributed by atoms with E-state index in [2.05, 4.69) is 19.6 Å². The fraction of sp³-hybridized carbons (Fsp3) is 0.676. The van der Waals surface area contributed by atoms with Crippen LogP contribution in [0.25, 0.3) is 0 Å². The number of aliphatic hydroxyl groups excluding tert-OH is 1. The average molecular weight is 645 g/mol. The Bertz CT molecular complexity index is 1380. The van der Waals surface area contributed by atoms with E-state index in [0.29, 0.717) is 0 Å². The summed E-state index contributed by atoms with van der Waals surface area (Å²) in [4.78, 5) is 39.5. The van der Waals surface area contributed by atoms with E-state index in [4.69, 9.17) is 23.4 Å². The maximum atomic E-state index is 14.0. The lowest BCUT2D eigenvalue weighted by molar-refractivity contribution is -0.361. The zero-order valence-corrected chi connectivity index (χ0v) is 28.8. The van der Waals surface area contributed by atoms with Crippen molar-refractivity contribution in [2.75, 3.05) is 6.61 Å². The Morgan fingerprint density at radius 3 is 2.18 bits per heavy atom. The van der Waals surface area contributed by atoms with Crippen LogP contribution in [0.4, 0.5) is 0 Å². The second-order valence-corrected chi connectivity index (χ2v) is 19.5. The largest absolute Gasteiger partial charge is 0.462 e. The third-order valence-electron chi connectivity index (χ3n) is 10.9. The third-order valence-corrected chi connectivity index (χ3v) is 11.9. The van der Waals surface area contributed by atoms with Gasteiger partial charge in [-0.25, -0.2) is 4.79 Å². The molecule has 2 N–H and O–H groups in total. The fourth-order valence-electron chi connectivity index (χ4n) is 8.59. The number of carbonyl (C=O) groups excluding carboxylic acids is 3. The molecule has 1 aromatic rings. The van der Waals surface area contributed by atoms with Crippen molar-refractivity contribution < 1.29 is 48.0 Å². The number of carbonyl (C=O) groups is 3. The molecule has 1 aromatic carbocycles. The van der Waals surface area contributed by atoms with Crippen molar-refractivity contribution in [2.24, 2.45) is 16.7 Å². The monoisotopic (exact) mass is 644 g/mol. The molecule has 1 heterocycles. The highest BCUT2D eigenvalue weighted by Gasteiger charge is 2.77. The van der Waals surface area contributed by atoms with Crippen LogP contribution in [-0.2, 0) is 33.0 Å². The molecule has 248 valence electrons. The zero-order chi connectivity index (χ0) is 33.3. The summed E-state index contributed by atoms with van der Waals surface area (Å²) in [5.74, 6) is -2.84. The molecule has 5 rings (SSSR count). The Hall–Kier alpha value is -2.57. The summed E-state index contributed by atoms with van der Waals surface area (Å²) in [6.07, 6.45) is -4.27. The van der Waals surface area contributed by atoms with Gasteiger partial charge in [-0.2, -0.15) is 0 Å². The van der Waals surface area contributed by atoms with Crippen molar-refractivity contribution in [1.29, 1.82) is 0 Å². The third kappa shape index (κ3) is 5.38. The molecule has 3 fully saturated rings. The van der Waals surface area contributed by atoms with Crippen LogP contribution in [0.5, 0.6) is 0 Å². The predicted octanol–water partition coefficient (Wildman–Crippen LogP) is 4.33. The summed E-state index contributed by atoms with van der Waals surface area (Å²) < 4.78 is 31.4. The van der Waals surface area contributed by atoms with Gasteiger partial charge in [-0.15, -0.1) is 0 Å². The van der Waals surface area contributed by atoms with E-state index < -0.39 is 84.7 Å². The van der Waals surface area contributed by atoms with Crippen LogP contribution in [0.15, 0.2) is 41.5 Å². The molecule has 10 nitrogen and oxygen atoms in total. The van der Waals surface area contributed by atoms with Gasteiger partial charge >= 0.3 is 17.9 Å². The lowest BCUT2D eigenvalue weighted by Crippen LogP contribution is -2.81. The normalized spacial score (nSPS) is 38.8. The topological polar surface area (TPSA) is 138 Å². The van der Waals surface area contributed by atoms with Crippen LogP contribution < -0.4 is 0 Å². The fourth-order valence-corrected chi connectivity index (χ4v) is 9.71. The van der Waals surface area contributed by atoms with Crippen molar-refractivity contribution in [3.05, 3.63) is 47.0 Å². The summed E-state index contributed by atoms with van der Waals surface area (Å²) in [5, 5.41) is 25.3. The maximum Gasteiger partial charge on any atom is 0.338 e. The molecule has 1 saturated heterocycles. The Balaban J connectivity index is 1.83. The molecular weight excluding hydrogens is 596 g/mol. The Morgan fingerprint density at radius 2 is 1.64 bits per heavy atom. The van der Waals surface area contributed by atoms with Gasteiger partial charge in [0.05, 0.1) is 30.3 Å². The van der Waals surface area contributed by atoms with Gasteiger partial charge in [0, 0.05) is 43.9 Å². The smallest absolute Gasteiger partial charge is 0.338 e. The van der Waals surface area contributed by atoms with Crippen molar-refractivity contribution in [2.45, 2.75) is 122 Å². The minimum absolute atomic E-state index is 0.0382. The van der Waals surface area contributed by atoms with E-state index in [9.17, 15) is 24.6 Å². The number of fused-ring (bicyclic) bond motifs is 5. The molecule has 0 radical (unpaired) electrons. The first-order valence-electron chi connectivity index (χ1n) is 15.8. The number of esters is 3. The first-order chi connectivity index (χ1) is 20.8. The van der Waals surface area contributed by atoms with Gasteiger partial charge in [-0.1, -0.05) is 44.5 Å². The van der Waals surface area contributed by atoms with Gasteiger partial charge in [-0.3, -0.25) is 9.59 Å². The quantitative estimate of drug-likeness (QED) is 0.199. The minimum atomic E-state index is -2.17. The average Bonchev–Trinajstić information content (AvgIpc) is 2.92. The first-order valence-corrected chi connectivity index (χ1v) is 19.2. The molecule has 2 saturated carbocycles. The van der Waals surface area contributed by atoms with Gasteiger partial charge < -0.3 is 33.6 Å². The number of ether oxygens (including phenoxy) is 4. The highest BCUT2D eigenvalue weighted by molar-refractivity contribution is 6.69. The van der Waals surface area contributed by atoms with Crippen LogP contribution >= 0.6 is 0 Å². The van der Waals surface area contributed by atoms with E-state index in [1.165, 1.54) is 13.8 Å². The Morgan fingerprint density at radius 1 is 1.00 bits per heavy atom. The molecule has 0 spiro atoms. The molecule has 0 aromatic heterocycles. The maximum absolute atomic E-state index is 14.0. The van der Waals surface area contributed by atoms with Crippen LogP contribution in [0.3, 0.4) is 0 Å². The van der Waals surface area contributed by atoms with Crippen molar-refractivity contribution in [1.82, 2.24) is 0 Å². The number of hydrogen-bond donors (Lipinski definition) is 2. The SMILES string of the molecule is CC(=O)O[C@@H]1CC2=C(C)[C@@H](O[Si](C)(C)C)C[C@@](O)(C(OC(=O)c3ccccc3)C3[C@@]1(C)[C@@H](O)C[C@H]1OC[C@@]31OC(C)=O)C2(C)C. The molecule has 4 aliphatic rings. The summed E-state index contributed by atoms with van der Waals surface area (Å²) in [6, 6.07) is 8.48. The van der Waals surface area contributed by atoms with Crippen molar-refractivity contribution in [3.8, 4) is 0 Å². The lowest BCUT2D eigenvalue weighted by Gasteiger charge is -2.68. The zero-order valence-electron chi connectivity index (χ0n) is 27.8. The van der Waals surface area contributed by atoms with Crippen LogP contribution in [0.1, 0.15) is 71.2 Å². The van der Waals surface area contributed by atoms with Crippen molar-refractivity contribution >= 4 is 26.2 Å². The molecule has 9 atom stereocenters. The van der Waals surface area contributed by atoms with Crippen LogP contribution in [0, 0.1) is 16.7 Å². The van der Waals surface area contributed by atoms with E-state index in [1.54, 1.807) is 37.3 Å². The van der Waals surface area contributed by atoms with Crippen LogP contribution in [-0.4, -0.2) is 84.8 Å². The Kier molecular flexibility index (Phi) is 8.48. The molecule has 3 aliphatic carbocycles. The second-order valence-electron chi connectivity index (χ2n) is 15.1. The summed E-state index contributed by atoms with van der Waals surface area (Å²) in [7, 11) is -2.17. The summed E-state index contributed by atoms with van der Waals surface area (Å²) >= 11 is 0. The van der Waals surface area contributed by atoms with Gasteiger partial charge in [0.25, 0.3) is 0 Å². The number of aliphatic hydroxyl groups is 2. The molecule has 2 unspecified atom stereocenters. The molecular formula is C34H48O10Si. The van der Waals surface area contributed by atoms with Crippen LogP contribution in [0.2, 0.25) is 19.6 Å². The number of benzene rings is 1. The second kappa shape index (κ2) is 11.3. The van der Waals surface area contributed by atoms with Gasteiger partial charge in [0.15, 0.2) is 13.9 Å². The van der Waals surface area contributed by atoms with E-state index in [-0.39, 0.29) is 31.4 Å². The van der Waals surface area contributed by atoms with E-state index >= 15 is 0 Å². The van der Waals surface area contributed by atoms with E-state index in [0.717, 1.165) is 11.1 Å².